The van der Waals surface area contributed by atoms with Crippen LogP contribution in [0.2, 0.25) is 0 Å². The van der Waals surface area contributed by atoms with Crippen LogP contribution in [-0.4, -0.2) is 11.2 Å². The van der Waals surface area contributed by atoms with Crippen molar-refractivity contribution < 1.29 is 5.11 Å². The first-order valence-corrected chi connectivity index (χ1v) is 4.43. The van der Waals surface area contributed by atoms with Gasteiger partial charge in [0, 0.05) is 0 Å². The van der Waals surface area contributed by atoms with Gasteiger partial charge in [0.2, 0.25) is 0 Å². The molecule has 0 saturated carbocycles. The van der Waals surface area contributed by atoms with Crippen molar-refractivity contribution in [1.82, 2.24) is 0 Å². The van der Waals surface area contributed by atoms with E-state index in [1.165, 1.54) is 0 Å². The zero-order chi connectivity index (χ0) is 9.61. The summed E-state index contributed by atoms with van der Waals surface area (Å²) in [5, 5.41) is 9.25. The summed E-state index contributed by atoms with van der Waals surface area (Å²) in [5.74, 6) is 0. The van der Waals surface area contributed by atoms with Crippen LogP contribution in [0.5, 0.6) is 0 Å². The van der Waals surface area contributed by atoms with E-state index < -0.39 is 0 Å². The van der Waals surface area contributed by atoms with Crippen LogP contribution in [0.3, 0.4) is 0 Å². The molecule has 0 radical (unpaired) electrons. The molecule has 0 rings (SSSR count). The lowest BCUT2D eigenvalue weighted by molar-refractivity contribution is 0.183. The van der Waals surface area contributed by atoms with Crippen LogP contribution < -0.4 is 0 Å². The Morgan fingerprint density at radius 3 is 2.42 bits per heavy atom. The van der Waals surface area contributed by atoms with Crippen molar-refractivity contribution in [2.45, 2.75) is 39.2 Å². The van der Waals surface area contributed by atoms with Crippen LogP contribution in [0.15, 0.2) is 25.3 Å². The summed E-state index contributed by atoms with van der Waals surface area (Å²) >= 11 is 0. The van der Waals surface area contributed by atoms with Crippen LogP contribution in [-0.2, 0) is 0 Å². The van der Waals surface area contributed by atoms with Crippen LogP contribution >= 0.6 is 0 Å². The van der Waals surface area contributed by atoms with Gasteiger partial charge in [0.25, 0.3) is 0 Å². The third kappa shape index (κ3) is 5.14. The Morgan fingerprint density at radius 2 is 2.00 bits per heavy atom. The standard InChI is InChI=1S/C11H20O/c1-5-8-11(3,4)9-7-10(12)6-2/h5-6,10,12H,1-2,7-9H2,3-4H3. The molecule has 0 spiro atoms. The van der Waals surface area contributed by atoms with Crippen molar-refractivity contribution in [3.8, 4) is 0 Å². The predicted molar refractivity (Wildman–Crippen MR) is 54.0 cm³/mol. The fourth-order valence-electron chi connectivity index (χ4n) is 1.15. The molecule has 0 aromatic carbocycles. The van der Waals surface area contributed by atoms with Crippen LogP contribution in [0.4, 0.5) is 0 Å². The molecular formula is C11H20O. The lowest BCUT2D eigenvalue weighted by atomic mass is 9.83. The van der Waals surface area contributed by atoms with E-state index in [2.05, 4.69) is 27.0 Å². The van der Waals surface area contributed by atoms with Gasteiger partial charge in [0.15, 0.2) is 0 Å². The molecule has 0 aromatic rings. The molecule has 0 heterocycles. The summed E-state index contributed by atoms with van der Waals surface area (Å²) in [6.45, 7) is 11.6. The van der Waals surface area contributed by atoms with Gasteiger partial charge in [-0.05, 0) is 24.7 Å². The van der Waals surface area contributed by atoms with E-state index in [0.29, 0.717) is 0 Å². The first-order valence-electron chi connectivity index (χ1n) is 4.43. The van der Waals surface area contributed by atoms with E-state index in [-0.39, 0.29) is 11.5 Å². The minimum Gasteiger partial charge on any atom is -0.389 e. The average Bonchev–Trinajstić information content (AvgIpc) is 2.00. The average molecular weight is 168 g/mol. The molecule has 70 valence electrons. The fraction of sp³-hybridized carbons (Fsp3) is 0.636. The molecule has 12 heavy (non-hydrogen) atoms. The zero-order valence-electron chi connectivity index (χ0n) is 8.21. The molecule has 0 aliphatic carbocycles. The van der Waals surface area contributed by atoms with Gasteiger partial charge in [-0.3, -0.25) is 0 Å². The summed E-state index contributed by atoms with van der Waals surface area (Å²) in [7, 11) is 0. The molecule has 0 saturated heterocycles. The number of aliphatic hydroxyl groups excluding tert-OH is 1. The van der Waals surface area contributed by atoms with Gasteiger partial charge >= 0.3 is 0 Å². The molecule has 0 amide bonds. The van der Waals surface area contributed by atoms with Crippen molar-refractivity contribution in [3.63, 3.8) is 0 Å². The van der Waals surface area contributed by atoms with Crippen molar-refractivity contribution >= 4 is 0 Å². The van der Waals surface area contributed by atoms with E-state index in [1.807, 2.05) is 6.08 Å². The van der Waals surface area contributed by atoms with E-state index >= 15 is 0 Å². The maximum Gasteiger partial charge on any atom is 0.0718 e. The van der Waals surface area contributed by atoms with Gasteiger partial charge in [-0.15, -0.1) is 13.2 Å². The highest BCUT2D eigenvalue weighted by Gasteiger charge is 2.16. The second-order valence-electron chi connectivity index (χ2n) is 4.00. The fourth-order valence-corrected chi connectivity index (χ4v) is 1.15. The van der Waals surface area contributed by atoms with Gasteiger partial charge in [-0.2, -0.15) is 0 Å². The molecule has 0 fully saturated rings. The summed E-state index contributed by atoms with van der Waals surface area (Å²) < 4.78 is 0. The molecule has 0 aliphatic rings. The molecule has 0 aliphatic heterocycles. The Kier molecular flexibility index (Phi) is 4.91. The number of rotatable bonds is 6. The molecule has 1 nitrogen and oxygen atoms in total. The van der Waals surface area contributed by atoms with Gasteiger partial charge in [0.1, 0.15) is 0 Å². The third-order valence-electron chi connectivity index (χ3n) is 2.09. The minimum atomic E-state index is -0.353. The number of allylic oxidation sites excluding steroid dienone is 1. The smallest absolute Gasteiger partial charge is 0.0718 e. The van der Waals surface area contributed by atoms with Crippen LogP contribution in [0.1, 0.15) is 33.1 Å². The van der Waals surface area contributed by atoms with E-state index in [0.717, 1.165) is 19.3 Å². The Morgan fingerprint density at radius 1 is 1.42 bits per heavy atom. The van der Waals surface area contributed by atoms with E-state index in [1.54, 1.807) is 6.08 Å². The van der Waals surface area contributed by atoms with Gasteiger partial charge in [-0.25, -0.2) is 0 Å². The summed E-state index contributed by atoms with van der Waals surface area (Å²) in [6, 6.07) is 0. The highest BCUT2D eigenvalue weighted by atomic mass is 16.3. The van der Waals surface area contributed by atoms with Gasteiger partial charge in [0.05, 0.1) is 6.10 Å². The molecule has 0 bridgehead atoms. The SMILES string of the molecule is C=CCC(C)(C)CCC(O)C=C. The van der Waals surface area contributed by atoms with Gasteiger partial charge in [-0.1, -0.05) is 26.0 Å². The first kappa shape index (κ1) is 11.4. The molecule has 1 unspecified atom stereocenters. The molecular weight excluding hydrogens is 148 g/mol. The maximum atomic E-state index is 9.25. The predicted octanol–water partition coefficient (Wildman–Crippen LogP) is 2.92. The highest BCUT2D eigenvalue weighted by Crippen LogP contribution is 2.27. The van der Waals surface area contributed by atoms with Crippen molar-refractivity contribution in [1.29, 1.82) is 0 Å². The maximum absolute atomic E-state index is 9.25. The summed E-state index contributed by atoms with van der Waals surface area (Å²) in [5.41, 5.74) is 0.256. The summed E-state index contributed by atoms with van der Waals surface area (Å²) in [4.78, 5) is 0. The van der Waals surface area contributed by atoms with Crippen molar-refractivity contribution in [2.24, 2.45) is 5.41 Å². The second kappa shape index (κ2) is 5.15. The van der Waals surface area contributed by atoms with Crippen molar-refractivity contribution in [3.05, 3.63) is 25.3 Å². The largest absolute Gasteiger partial charge is 0.389 e. The van der Waals surface area contributed by atoms with Crippen LogP contribution in [0, 0.1) is 5.41 Å². The molecule has 0 aromatic heterocycles. The Bertz CT molecular complexity index is 147. The number of hydrogen-bond acceptors (Lipinski definition) is 1. The zero-order valence-corrected chi connectivity index (χ0v) is 8.21. The van der Waals surface area contributed by atoms with E-state index in [4.69, 9.17) is 0 Å². The Labute approximate surface area is 75.8 Å². The second-order valence-corrected chi connectivity index (χ2v) is 4.00. The lowest BCUT2D eigenvalue weighted by Gasteiger charge is -2.23. The lowest BCUT2D eigenvalue weighted by Crippen LogP contribution is -2.13. The number of hydrogen-bond donors (Lipinski definition) is 1. The number of aliphatic hydroxyl groups is 1. The normalized spacial score (nSPS) is 13.9. The minimum absolute atomic E-state index is 0.256. The molecule has 1 atom stereocenters. The molecule has 1 heteroatoms. The monoisotopic (exact) mass is 168 g/mol. The third-order valence-corrected chi connectivity index (χ3v) is 2.09. The summed E-state index contributed by atoms with van der Waals surface area (Å²) in [6.07, 6.45) is 5.96. The quantitative estimate of drug-likeness (QED) is 0.605. The van der Waals surface area contributed by atoms with Crippen LogP contribution in [0.25, 0.3) is 0 Å². The Hall–Kier alpha value is -0.560. The Balaban J connectivity index is 3.73. The topological polar surface area (TPSA) is 20.2 Å². The van der Waals surface area contributed by atoms with Crippen molar-refractivity contribution in [2.75, 3.05) is 0 Å². The first-order chi connectivity index (χ1) is 5.52. The highest BCUT2D eigenvalue weighted by molar-refractivity contribution is 4.83. The van der Waals surface area contributed by atoms with Gasteiger partial charge < -0.3 is 5.11 Å². The molecule has 1 N–H and O–H groups in total. The van der Waals surface area contributed by atoms with E-state index in [9.17, 15) is 5.11 Å².